The van der Waals surface area contributed by atoms with Crippen molar-refractivity contribution in [3.63, 3.8) is 0 Å². The number of para-hydroxylation sites is 2. The van der Waals surface area contributed by atoms with E-state index in [1.165, 1.54) is 24.4 Å². The molecule has 0 aliphatic heterocycles. The third-order valence-corrected chi connectivity index (χ3v) is 3.10. The molecule has 0 aliphatic carbocycles. The summed E-state index contributed by atoms with van der Waals surface area (Å²) in [4.78, 5) is 22.0. The van der Waals surface area contributed by atoms with Crippen LogP contribution in [0.25, 0.3) is 11.0 Å². The molecule has 126 valence electrons. The summed E-state index contributed by atoms with van der Waals surface area (Å²) in [5, 5.41) is 22.0. The predicted octanol–water partition coefficient (Wildman–Crippen LogP) is 1.66. The lowest BCUT2D eigenvalue weighted by atomic mass is 10.2. The number of amides is 1. The van der Waals surface area contributed by atoms with Crippen LogP contribution >= 0.6 is 0 Å². The lowest BCUT2D eigenvalue weighted by Gasteiger charge is -2.05. The van der Waals surface area contributed by atoms with E-state index in [9.17, 15) is 14.9 Å². The van der Waals surface area contributed by atoms with Gasteiger partial charge in [0.1, 0.15) is 11.0 Å². The topological polar surface area (TPSA) is 133 Å². The van der Waals surface area contributed by atoms with Crippen molar-refractivity contribution in [2.45, 2.75) is 0 Å². The van der Waals surface area contributed by atoms with Crippen LogP contribution < -0.4 is 10.2 Å². The number of carbonyl (C=O) groups is 1. The molecule has 0 atom stereocenters. The van der Waals surface area contributed by atoms with Crippen LogP contribution in [0, 0.1) is 10.1 Å². The van der Waals surface area contributed by atoms with E-state index in [1.54, 1.807) is 24.3 Å². The van der Waals surface area contributed by atoms with Crippen LogP contribution in [-0.4, -0.2) is 34.0 Å². The number of rotatable bonds is 6. The average Bonchev–Trinajstić information content (AvgIpc) is 3.08. The maximum Gasteiger partial charge on any atom is 0.310 e. The van der Waals surface area contributed by atoms with Crippen LogP contribution in [0.3, 0.4) is 0 Å². The molecule has 1 heterocycles. The lowest BCUT2D eigenvalue weighted by molar-refractivity contribution is -0.385. The number of carbonyl (C=O) groups excluding carboxylic acids is 1. The second-order valence-corrected chi connectivity index (χ2v) is 4.82. The van der Waals surface area contributed by atoms with Crippen LogP contribution in [-0.2, 0) is 4.79 Å². The minimum absolute atomic E-state index is 0.00983. The fourth-order valence-corrected chi connectivity index (χ4v) is 1.96. The van der Waals surface area contributed by atoms with Crippen molar-refractivity contribution in [1.82, 2.24) is 15.7 Å². The van der Waals surface area contributed by atoms with Crippen LogP contribution in [0.2, 0.25) is 0 Å². The molecule has 0 bridgehead atoms. The number of hydrogen-bond donors (Lipinski definition) is 1. The molecule has 10 heteroatoms. The summed E-state index contributed by atoms with van der Waals surface area (Å²) in [6.07, 6.45) is 1.41. The van der Waals surface area contributed by atoms with E-state index in [-0.39, 0.29) is 11.4 Å². The summed E-state index contributed by atoms with van der Waals surface area (Å²) in [6, 6.07) is 10.9. The van der Waals surface area contributed by atoms with Crippen molar-refractivity contribution in [2.24, 2.45) is 5.10 Å². The number of ether oxygens (including phenoxy) is 1. The van der Waals surface area contributed by atoms with E-state index in [2.05, 4.69) is 25.5 Å². The van der Waals surface area contributed by atoms with E-state index >= 15 is 0 Å². The molecule has 0 saturated heterocycles. The van der Waals surface area contributed by atoms with Gasteiger partial charge in [0.05, 0.1) is 11.1 Å². The molecule has 2 aromatic carbocycles. The molecule has 0 radical (unpaired) electrons. The molecular formula is C15H11N5O5. The third kappa shape index (κ3) is 3.93. The van der Waals surface area contributed by atoms with Crippen LogP contribution in [0.15, 0.2) is 52.2 Å². The highest BCUT2D eigenvalue weighted by Crippen LogP contribution is 2.25. The van der Waals surface area contributed by atoms with Crippen LogP contribution in [0.1, 0.15) is 5.56 Å². The molecule has 3 aromatic rings. The first kappa shape index (κ1) is 16.1. The van der Waals surface area contributed by atoms with Crippen LogP contribution in [0.4, 0.5) is 5.69 Å². The first-order valence-electron chi connectivity index (χ1n) is 7.04. The molecule has 0 fully saturated rings. The Hall–Kier alpha value is -3.82. The third-order valence-electron chi connectivity index (χ3n) is 3.10. The highest BCUT2D eigenvalue weighted by atomic mass is 16.6. The maximum atomic E-state index is 11.7. The fraction of sp³-hybridized carbons (Fsp3) is 0.0667. The summed E-state index contributed by atoms with van der Waals surface area (Å²) in [5.41, 5.74) is 3.91. The van der Waals surface area contributed by atoms with Crippen molar-refractivity contribution < 1.29 is 19.1 Å². The van der Waals surface area contributed by atoms with E-state index in [1.807, 2.05) is 0 Å². The summed E-state index contributed by atoms with van der Waals surface area (Å²) >= 11 is 0. The van der Waals surface area contributed by atoms with Gasteiger partial charge in [-0.3, -0.25) is 14.9 Å². The van der Waals surface area contributed by atoms with Gasteiger partial charge in [0.25, 0.3) is 5.91 Å². The number of nitro benzene ring substituents is 1. The molecular weight excluding hydrogens is 330 g/mol. The molecule has 1 aromatic heterocycles. The van der Waals surface area contributed by atoms with Crippen LogP contribution in [0.5, 0.6) is 5.75 Å². The number of aromatic nitrogens is 2. The summed E-state index contributed by atoms with van der Waals surface area (Å²) in [5.74, 6) is -0.547. The van der Waals surface area contributed by atoms with Gasteiger partial charge in [0.2, 0.25) is 0 Å². The smallest absolute Gasteiger partial charge is 0.310 e. The standard InChI is InChI=1S/C15H11N5O5/c21-15(9-24-14-4-2-1-3-13(14)20(22)23)17-16-8-10-5-6-11-12(7-10)19-25-18-11/h1-8H,9H2,(H,17,21)/b16-8-. The van der Waals surface area contributed by atoms with E-state index in [0.717, 1.165) is 0 Å². The predicted molar refractivity (Wildman–Crippen MR) is 86.1 cm³/mol. The SMILES string of the molecule is O=C(COc1ccccc1[N+](=O)[O-])N/N=C\c1ccc2nonc2c1. The van der Waals surface area contributed by atoms with Gasteiger partial charge in [0, 0.05) is 6.07 Å². The monoisotopic (exact) mass is 341 g/mol. The molecule has 3 rings (SSSR count). The Kier molecular flexibility index (Phi) is 4.60. The van der Waals surface area contributed by atoms with Gasteiger partial charge in [-0.05, 0) is 34.1 Å². The Morgan fingerprint density at radius 1 is 1.28 bits per heavy atom. The van der Waals surface area contributed by atoms with Crippen molar-refractivity contribution in [2.75, 3.05) is 6.61 Å². The summed E-state index contributed by atoms with van der Waals surface area (Å²) in [6.45, 7) is -0.408. The molecule has 25 heavy (non-hydrogen) atoms. The Labute approximate surface area is 140 Å². The zero-order valence-corrected chi connectivity index (χ0v) is 12.7. The Morgan fingerprint density at radius 2 is 2.08 bits per heavy atom. The number of hydrogen-bond acceptors (Lipinski definition) is 8. The lowest BCUT2D eigenvalue weighted by Crippen LogP contribution is -2.24. The molecule has 1 N–H and O–H groups in total. The first-order chi connectivity index (χ1) is 12.1. The van der Waals surface area contributed by atoms with Gasteiger partial charge in [-0.2, -0.15) is 5.10 Å². The zero-order chi connectivity index (χ0) is 17.6. The number of nitrogens with zero attached hydrogens (tertiary/aromatic N) is 4. The van der Waals surface area contributed by atoms with E-state index < -0.39 is 17.4 Å². The Morgan fingerprint density at radius 3 is 2.92 bits per heavy atom. The van der Waals surface area contributed by atoms with Gasteiger partial charge in [-0.25, -0.2) is 10.1 Å². The zero-order valence-electron chi connectivity index (χ0n) is 12.7. The first-order valence-corrected chi connectivity index (χ1v) is 7.04. The van der Waals surface area contributed by atoms with Crippen molar-refractivity contribution in [3.05, 3.63) is 58.1 Å². The number of nitrogens with one attached hydrogen (secondary N) is 1. The van der Waals surface area contributed by atoms with Crippen molar-refractivity contribution in [1.29, 1.82) is 0 Å². The Bertz CT molecular complexity index is 952. The summed E-state index contributed by atoms with van der Waals surface area (Å²) in [7, 11) is 0. The van der Waals surface area contributed by atoms with Crippen molar-refractivity contribution in [3.8, 4) is 5.75 Å². The quantitative estimate of drug-likeness (QED) is 0.409. The second-order valence-electron chi connectivity index (χ2n) is 4.82. The molecule has 0 saturated carbocycles. The fourth-order valence-electron chi connectivity index (χ4n) is 1.96. The van der Waals surface area contributed by atoms with E-state index in [0.29, 0.717) is 16.6 Å². The Balaban J connectivity index is 1.55. The normalized spacial score (nSPS) is 10.9. The van der Waals surface area contributed by atoms with Crippen molar-refractivity contribution >= 4 is 28.8 Å². The minimum Gasteiger partial charge on any atom is -0.477 e. The van der Waals surface area contributed by atoms with Gasteiger partial charge in [0.15, 0.2) is 12.4 Å². The molecule has 0 unspecified atom stereocenters. The number of fused-ring (bicyclic) bond motifs is 1. The number of benzene rings is 2. The number of hydrazone groups is 1. The second kappa shape index (κ2) is 7.17. The van der Waals surface area contributed by atoms with Gasteiger partial charge in [-0.1, -0.05) is 18.2 Å². The largest absolute Gasteiger partial charge is 0.477 e. The van der Waals surface area contributed by atoms with Gasteiger partial charge >= 0.3 is 5.69 Å². The van der Waals surface area contributed by atoms with Gasteiger partial charge in [-0.15, -0.1) is 0 Å². The molecule has 1 amide bonds. The maximum absolute atomic E-state index is 11.7. The molecule has 0 spiro atoms. The van der Waals surface area contributed by atoms with Gasteiger partial charge < -0.3 is 4.74 Å². The highest BCUT2D eigenvalue weighted by Gasteiger charge is 2.14. The summed E-state index contributed by atoms with van der Waals surface area (Å²) < 4.78 is 9.74. The minimum atomic E-state index is -0.583. The number of nitro groups is 1. The van der Waals surface area contributed by atoms with E-state index in [4.69, 9.17) is 4.74 Å². The average molecular weight is 341 g/mol. The highest BCUT2D eigenvalue weighted by molar-refractivity contribution is 5.87. The molecule has 0 aliphatic rings. The molecule has 10 nitrogen and oxygen atoms in total.